The van der Waals surface area contributed by atoms with Crippen LogP contribution in [0.5, 0.6) is 0 Å². The number of hydrogen-bond acceptors (Lipinski definition) is 2. The number of carbonyl (C=O) groups excluding carboxylic acids is 1. The molecule has 1 aromatic heterocycles. The summed E-state index contributed by atoms with van der Waals surface area (Å²) >= 11 is 3.23. The van der Waals surface area contributed by atoms with Gasteiger partial charge < -0.3 is 9.32 Å². The molecule has 0 saturated carbocycles. The Labute approximate surface area is 120 Å². The molecule has 3 rings (SSSR count). The number of nitrogens with zero attached hydrogens (tertiary/aromatic N) is 1. The summed E-state index contributed by atoms with van der Waals surface area (Å²) in [5, 5.41) is 0. The van der Waals surface area contributed by atoms with Crippen LogP contribution in [-0.2, 0) is 12.8 Å². The molecule has 0 fully saturated rings. The second kappa shape index (κ2) is 5.21. The molecule has 1 aliphatic rings. The lowest BCUT2D eigenvalue weighted by Crippen LogP contribution is -2.33. The first kappa shape index (κ1) is 12.5. The molecule has 0 atom stereocenters. The van der Waals surface area contributed by atoms with Gasteiger partial charge in [0.2, 0.25) is 0 Å². The van der Waals surface area contributed by atoms with Gasteiger partial charge >= 0.3 is 0 Å². The van der Waals surface area contributed by atoms with Crippen LogP contribution in [0.15, 0.2) is 45.5 Å². The fourth-order valence-corrected chi connectivity index (χ4v) is 2.76. The van der Waals surface area contributed by atoms with Crippen molar-refractivity contribution in [2.75, 3.05) is 13.1 Å². The van der Waals surface area contributed by atoms with E-state index in [9.17, 15) is 4.79 Å². The third-order valence-corrected chi connectivity index (χ3v) is 3.92. The summed E-state index contributed by atoms with van der Waals surface area (Å²) in [4.78, 5) is 14.2. The van der Waals surface area contributed by atoms with E-state index in [0.717, 1.165) is 25.9 Å². The van der Waals surface area contributed by atoms with Gasteiger partial charge in [0.25, 0.3) is 5.91 Å². The Morgan fingerprint density at radius 2 is 1.68 bits per heavy atom. The predicted molar refractivity (Wildman–Crippen MR) is 76.2 cm³/mol. The summed E-state index contributed by atoms with van der Waals surface area (Å²) in [6, 6.07) is 11.9. The summed E-state index contributed by atoms with van der Waals surface area (Å²) in [5.41, 5.74) is 2.69. The average Bonchev–Trinajstić information content (AvgIpc) is 2.74. The van der Waals surface area contributed by atoms with Crippen LogP contribution in [0.4, 0.5) is 0 Å². The molecule has 19 heavy (non-hydrogen) atoms. The number of fused-ring (bicyclic) bond motifs is 1. The van der Waals surface area contributed by atoms with Crippen molar-refractivity contribution in [1.82, 2.24) is 4.90 Å². The highest BCUT2D eigenvalue weighted by Gasteiger charge is 2.21. The molecule has 0 unspecified atom stereocenters. The number of halogens is 1. The molecule has 0 N–H and O–H groups in total. The summed E-state index contributed by atoms with van der Waals surface area (Å²) in [6.07, 6.45) is 1.81. The molecule has 2 heterocycles. The van der Waals surface area contributed by atoms with E-state index < -0.39 is 0 Å². The van der Waals surface area contributed by atoms with E-state index >= 15 is 0 Å². The van der Waals surface area contributed by atoms with Gasteiger partial charge in [-0.05, 0) is 52.0 Å². The minimum atomic E-state index is -0.0292. The number of benzene rings is 1. The van der Waals surface area contributed by atoms with Crippen LogP contribution in [0.2, 0.25) is 0 Å². The minimum Gasteiger partial charge on any atom is -0.444 e. The molecule has 1 amide bonds. The largest absolute Gasteiger partial charge is 0.444 e. The van der Waals surface area contributed by atoms with Crippen molar-refractivity contribution in [2.24, 2.45) is 0 Å². The topological polar surface area (TPSA) is 33.5 Å². The summed E-state index contributed by atoms with van der Waals surface area (Å²) in [5.74, 6) is 0.372. The molecule has 1 aromatic carbocycles. The van der Waals surface area contributed by atoms with Gasteiger partial charge in [0, 0.05) is 13.1 Å². The first-order valence-electron chi connectivity index (χ1n) is 6.35. The van der Waals surface area contributed by atoms with Crippen LogP contribution in [0.1, 0.15) is 21.7 Å². The molecule has 0 saturated heterocycles. The molecule has 1 aliphatic heterocycles. The average molecular weight is 320 g/mol. The monoisotopic (exact) mass is 319 g/mol. The Morgan fingerprint density at radius 1 is 1.05 bits per heavy atom. The van der Waals surface area contributed by atoms with Gasteiger partial charge in [0.05, 0.1) is 0 Å². The van der Waals surface area contributed by atoms with Crippen LogP contribution in [0.25, 0.3) is 0 Å². The first-order chi connectivity index (χ1) is 9.24. The van der Waals surface area contributed by atoms with E-state index in [1.54, 1.807) is 12.1 Å². The lowest BCUT2D eigenvalue weighted by atomic mass is 10.0. The Hall–Kier alpha value is -1.55. The SMILES string of the molecule is O=C(c1ccc(Br)o1)N1CCc2ccccc2CC1. The third-order valence-electron chi connectivity index (χ3n) is 3.49. The van der Waals surface area contributed by atoms with Crippen molar-refractivity contribution >= 4 is 21.8 Å². The van der Waals surface area contributed by atoms with Crippen molar-refractivity contribution in [2.45, 2.75) is 12.8 Å². The van der Waals surface area contributed by atoms with Crippen LogP contribution in [0, 0.1) is 0 Å². The molecular formula is C15H14BrNO2. The van der Waals surface area contributed by atoms with Crippen LogP contribution < -0.4 is 0 Å². The number of hydrogen-bond donors (Lipinski definition) is 0. The molecule has 0 radical (unpaired) electrons. The van der Waals surface area contributed by atoms with Gasteiger partial charge in [0.15, 0.2) is 10.4 Å². The quantitative estimate of drug-likeness (QED) is 0.808. The first-order valence-corrected chi connectivity index (χ1v) is 7.15. The predicted octanol–water partition coefficient (Wildman–Crippen LogP) is 3.28. The molecule has 98 valence electrons. The molecule has 3 nitrogen and oxygen atoms in total. The minimum absolute atomic E-state index is 0.0292. The molecular weight excluding hydrogens is 306 g/mol. The van der Waals surface area contributed by atoms with Crippen molar-refractivity contribution in [1.29, 1.82) is 0 Å². The maximum absolute atomic E-state index is 12.3. The van der Waals surface area contributed by atoms with Gasteiger partial charge in [-0.3, -0.25) is 4.79 Å². The Bertz CT molecular complexity index is 579. The number of rotatable bonds is 1. The second-order valence-electron chi connectivity index (χ2n) is 4.66. The lowest BCUT2D eigenvalue weighted by molar-refractivity contribution is 0.0729. The van der Waals surface area contributed by atoms with E-state index in [1.165, 1.54) is 11.1 Å². The fraction of sp³-hybridized carbons (Fsp3) is 0.267. The second-order valence-corrected chi connectivity index (χ2v) is 5.45. The van der Waals surface area contributed by atoms with Crippen LogP contribution >= 0.6 is 15.9 Å². The van der Waals surface area contributed by atoms with Gasteiger partial charge in [-0.2, -0.15) is 0 Å². The zero-order valence-corrected chi connectivity index (χ0v) is 12.0. The van der Waals surface area contributed by atoms with E-state index in [-0.39, 0.29) is 5.91 Å². The van der Waals surface area contributed by atoms with E-state index in [1.807, 2.05) is 4.90 Å². The van der Waals surface area contributed by atoms with E-state index in [0.29, 0.717) is 10.4 Å². The standard InChI is InChI=1S/C15H14BrNO2/c16-14-6-5-13(19-14)15(18)17-9-7-11-3-1-2-4-12(11)8-10-17/h1-6H,7-10H2. The number of amides is 1. The normalized spacial score (nSPS) is 14.9. The van der Waals surface area contributed by atoms with Gasteiger partial charge in [-0.25, -0.2) is 0 Å². The Balaban J connectivity index is 1.77. The molecule has 4 heteroatoms. The molecule has 2 aromatic rings. The smallest absolute Gasteiger partial charge is 0.289 e. The van der Waals surface area contributed by atoms with E-state index in [4.69, 9.17) is 4.42 Å². The van der Waals surface area contributed by atoms with Crippen molar-refractivity contribution < 1.29 is 9.21 Å². The molecule has 0 bridgehead atoms. The fourth-order valence-electron chi connectivity index (χ4n) is 2.46. The van der Waals surface area contributed by atoms with E-state index in [2.05, 4.69) is 40.2 Å². The molecule has 0 aliphatic carbocycles. The zero-order chi connectivity index (χ0) is 13.2. The summed E-state index contributed by atoms with van der Waals surface area (Å²) in [6.45, 7) is 1.49. The maximum atomic E-state index is 12.3. The van der Waals surface area contributed by atoms with Crippen molar-refractivity contribution in [3.05, 3.63) is 58.0 Å². The van der Waals surface area contributed by atoms with Crippen molar-refractivity contribution in [3.63, 3.8) is 0 Å². The summed E-state index contributed by atoms with van der Waals surface area (Å²) in [7, 11) is 0. The summed E-state index contributed by atoms with van der Waals surface area (Å²) < 4.78 is 5.93. The van der Waals surface area contributed by atoms with Crippen LogP contribution in [-0.4, -0.2) is 23.9 Å². The highest BCUT2D eigenvalue weighted by molar-refractivity contribution is 9.10. The number of carbonyl (C=O) groups is 1. The Kier molecular flexibility index (Phi) is 3.42. The van der Waals surface area contributed by atoms with Gasteiger partial charge in [0.1, 0.15) is 0 Å². The molecule has 0 spiro atoms. The van der Waals surface area contributed by atoms with Crippen molar-refractivity contribution in [3.8, 4) is 0 Å². The van der Waals surface area contributed by atoms with Gasteiger partial charge in [-0.1, -0.05) is 24.3 Å². The zero-order valence-electron chi connectivity index (χ0n) is 10.4. The highest BCUT2D eigenvalue weighted by atomic mass is 79.9. The maximum Gasteiger partial charge on any atom is 0.289 e. The third kappa shape index (κ3) is 2.59. The lowest BCUT2D eigenvalue weighted by Gasteiger charge is -2.18. The highest BCUT2D eigenvalue weighted by Crippen LogP contribution is 2.19. The van der Waals surface area contributed by atoms with Crippen LogP contribution in [0.3, 0.4) is 0 Å². The van der Waals surface area contributed by atoms with Gasteiger partial charge in [-0.15, -0.1) is 0 Å². The number of furan rings is 1. The Morgan fingerprint density at radius 3 is 2.21 bits per heavy atom.